The Morgan fingerprint density at radius 3 is 2.48 bits per heavy atom. The largest absolute Gasteiger partial charge is 0.387 e. The van der Waals surface area contributed by atoms with Gasteiger partial charge in [-0.2, -0.15) is 0 Å². The topological polar surface area (TPSA) is 50.2 Å². The molecule has 120 valence electrons. The zero-order valence-electron chi connectivity index (χ0n) is 13.4. The molecule has 4 aromatic rings. The second-order valence-electron chi connectivity index (χ2n) is 6.46. The van der Waals surface area contributed by atoms with Gasteiger partial charge in [0.05, 0.1) is 23.2 Å². The van der Waals surface area contributed by atoms with Gasteiger partial charge in [0.15, 0.2) is 5.78 Å². The molecule has 3 aromatic carbocycles. The van der Waals surface area contributed by atoms with Crippen LogP contribution in [0.5, 0.6) is 0 Å². The average Bonchev–Trinajstić information content (AvgIpc) is 2.92. The second kappa shape index (κ2) is 5.23. The highest BCUT2D eigenvalue weighted by Gasteiger charge is 2.40. The maximum Gasteiger partial charge on any atom is 0.175 e. The van der Waals surface area contributed by atoms with Crippen molar-refractivity contribution in [3.63, 3.8) is 0 Å². The molecule has 1 aliphatic rings. The Morgan fingerprint density at radius 1 is 0.800 bits per heavy atom. The molecule has 1 heterocycles. The molecule has 25 heavy (non-hydrogen) atoms. The summed E-state index contributed by atoms with van der Waals surface area (Å²) in [7, 11) is 0. The Bertz CT molecular complexity index is 1150. The Hall–Kier alpha value is -3.04. The van der Waals surface area contributed by atoms with Crippen LogP contribution in [0.3, 0.4) is 0 Å². The molecule has 0 aliphatic heterocycles. The SMILES string of the molecule is O=C1c2ccccc2C(O)[C@@H]1c1ccc2c(ccc3ccccc32)n1. The monoisotopic (exact) mass is 325 g/mol. The summed E-state index contributed by atoms with van der Waals surface area (Å²) < 4.78 is 0. The van der Waals surface area contributed by atoms with E-state index in [-0.39, 0.29) is 5.78 Å². The predicted octanol–water partition coefficient (Wildman–Crippen LogP) is 4.40. The van der Waals surface area contributed by atoms with Crippen LogP contribution in [0.15, 0.2) is 72.8 Å². The molecule has 1 aromatic heterocycles. The van der Waals surface area contributed by atoms with Gasteiger partial charge in [-0.3, -0.25) is 9.78 Å². The third-order valence-electron chi connectivity index (χ3n) is 5.08. The highest BCUT2D eigenvalue weighted by molar-refractivity contribution is 6.08. The number of aliphatic hydroxyl groups excluding tert-OH is 1. The van der Waals surface area contributed by atoms with Gasteiger partial charge >= 0.3 is 0 Å². The van der Waals surface area contributed by atoms with Crippen LogP contribution in [-0.2, 0) is 0 Å². The van der Waals surface area contributed by atoms with Gasteiger partial charge in [0.1, 0.15) is 0 Å². The summed E-state index contributed by atoms with van der Waals surface area (Å²) in [5.41, 5.74) is 2.75. The lowest BCUT2D eigenvalue weighted by Crippen LogP contribution is -2.13. The molecule has 0 radical (unpaired) electrons. The van der Waals surface area contributed by atoms with E-state index in [0.717, 1.165) is 21.7 Å². The van der Waals surface area contributed by atoms with Crippen molar-refractivity contribution in [2.75, 3.05) is 0 Å². The number of fused-ring (bicyclic) bond motifs is 4. The zero-order valence-corrected chi connectivity index (χ0v) is 13.4. The fourth-order valence-corrected chi connectivity index (χ4v) is 3.84. The number of rotatable bonds is 1. The van der Waals surface area contributed by atoms with Crippen LogP contribution in [-0.4, -0.2) is 15.9 Å². The van der Waals surface area contributed by atoms with Crippen LogP contribution in [0.4, 0.5) is 0 Å². The van der Waals surface area contributed by atoms with E-state index in [0.29, 0.717) is 16.8 Å². The Morgan fingerprint density at radius 2 is 1.60 bits per heavy atom. The second-order valence-corrected chi connectivity index (χ2v) is 6.46. The third kappa shape index (κ3) is 2.03. The Kier molecular flexibility index (Phi) is 2.99. The van der Waals surface area contributed by atoms with Gasteiger partial charge in [0.25, 0.3) is 0 Å². The lowest BCUT2D eigenvalue weighted by Gasteiger charge is -2.14. The smallest absolute Gasteiger partial charge is 0.175 e. The standard InChI is InChI=1S/C22H15NO2/c24-21-16-7-3-4-8-17(16)22(25)20(21)19-12-10-15-14-6-2-1-5-13(14)9-11-18(15)23-19/h1-12,20-21,24H/t20-,21?/m0/s1. The molecule has 0 saturated carbocycles. The van der Waals surface area contributed by atoms with E-state index in [2.05, 4.69) is 12.1 Å². The minimum absolute atomic E-state index is 0.0595. The predicted molar refractivity (Wildman–Crippen MR) is 97.7 cm³/mol. The number of nitrogens with zero attached hydrogens (tertiary/aromatic N) is 1. The number of pyridine rings is 1. The van der Waals surface area contributed by atoms with Crippen LogP contribution >= 0.6 is 0 Å². The molecule has 0 amide bonds. The fraction of sp³-hybridized carbons (Fsp3) is 0.0909. The summed E-state index contributed by atoms with van der Waals surface area (Å²) in [4.78, 5) is 17.5. The van der Waals surface area contributed by atoms with Gasteiger partial charge in [-0.1, -0.05) is 60.7 Å². The van der Waals surface area contributed by atoms with Crippen molar-refractivity contribution in [3.05, 3.63) is 89.6 Å². The van der Waals surface area contributed by atoms with Gasteiger partial charge in [-0.15, -0.1) is 0 Å². The van der Waals surface area contributed by atoms with Gasteiger partial charge in [0.2, 0.25) is 0 Å². The van der Waals surface area contributed by atoms with Crippen molar-refractivity contribution in [3.8, 4) is 0 Å². The number of carbonyl (C=O) groups is 1. The summed E-state index contributed by atoms with van der Waals surface area (Å²) >= 11 is 0. The number of benzene rings is 3. The highest BCUT2D eigenvalue weighted by atomic mass is 16.3. The number of hydrogen-bond donors (Lipinski definition) is 1. The first-order chi connectivity index (χ1) is 12.2. The summed E-state index contributed by atoms with van der Waals surface area (Å²) in [6.07, 6.45) is -0.839. The van der Waals surface area contributed by atoms with E-state index >= 15 is 0 Å². The third-order valence-corrected chi connectivity index (χ3v) is 5.08. The molecule has 3 nitrogen and oxygen atoms in total. The van der Waals surface area contributed by atoms with Gasteiger partial charge in [0, 0.05) is 10.9 Å². The molecule has 0 saturated heterocycles. The summed E-state index contributed by atoms with van der Waals surface area (Å²) in [5.74, 6) is -0.691. The molecule has 1 aliphatic carbocycles. The van der Waals surface area contributed by atoms with Crippen molar-refractivity contribution < 1.29 is 9.90 Å². The van der Waals surface area contributed by atoms with Gasteiger partial charge in [-0.05, 0) is 28.5 Å². The van der Waals surface area contributed by atoms with Crippen LogP contribution in [0.25, 0.3) is 21.7 Å². The number of hydrogen-bond acceptors (Lipinski definition) is 3. The van der Waals surface area contributed by atoms with Crippen molar-refractivity contribution in [1.29, 1.82) is 0 Å². The van der Waals surface area contributed by atoms with Crippen LogP contribution in [0.1, 0.15) is 33.6 Å². The zero-order chi connectivity index (χ0) is 17.0. The number of aliphatic hydroxyl groups is 1. The van der Waals surface area contributed by atoms with Crippen molar-refractivity contribution >= 4 is 27.5 Å². The molecular weight excluding hydrogens is 310 g/mol. The fourth-order valence-electron chi connectivity index (χ4n) is 3.84. The van der Waals surface area contributed by atoms with Gasteiger partial charge < -0.3 is 5.11 Å². The normalized spacial score (nSPS) is 19.5. The maximum absolute atomic E-state index is 12.8. The lowest BCUT2D eigenvalue weighted by atomic mass is 9.96. The molecule has 1 N–H and O–H groups in total. The number of carbonyl (C=O) groups excluding carboxylic acids is 1. The van der Waals surface area contributed by atoms with E-state index in [1.165, 1.54) is 0 Å². The van der Waals surface area contributed by atoms with E-state index in [1.54, 1.807) is 6.07 Å². The van der Waals surface area contributed by atoms with Crippen molar-refractivity contribution in [1.82, 2.24) is 4.98 Å². The molecule has 0 spiro atoms. The first-order valence-corrected chi connectivity index (χ1v) is 8.33. The highest BCUT2D eigenvalue weighted by Crippen LogP contribution is 2.42. The Balaban J connectivity index is 1.67. The molecule has 0 fully saturated rings. The van der Waals surface area contributed by atoms with Gasteiger partial charge in [-0.25, -0.2) is 0 Å². The van der Waals surface area contributed by atoms with Crippen LogP contribution in [0, 0.1) is 0 Å². The average molecular weight is 325 g/mol. The molecular formula is C22H15NO2. The summed E-state index contributed by atoms with van der Waals surface area (Å²) in [6.45, 7) is 0. The number of ketones is 1. The van der Waals surface area contributed by atoms with E-state index in [9.17, 15) is 9.90 Å². The first-order valence-electron chi connectivity index (χ1n) is 8.33. The Labute approximate surface area is 144 Å². The number of aromatic nitrogens is 1. The molecule has 5 rings (SSSR count). The van der Waals surface area contributed by atoms with Crippen molar-refractivity contribution in [2.45, 2.75) is 12.0 Å². The summed E-state index contributed by atoms with van der Waals surface area (Å²) in [5, 5.41) is 14.0. The minimum Gasteiger partial charge on any atom is -0.387 e. The minimum atomic E-state index is -0.839. The lowest BCUT2D eigenvalue weighted by molar-refractivity contribution is 0.0868. The van der Waals surface area contributed by atoms with E-state index in [1.807, 2.05) is 54.6 Å². The van der Waals surface area contributed by atoms with E-state index < -0.39 is 12.0 Å². The summed E-state index contributed by atoms with van der Waals surface area (Å²) in [6, 6.07) is 23.3. The first kappa shape index (κ1) is 14.3. The van der Waals surface area contributed by atoms with Crippen molar-refractivity contribution in [2.24, 2.45) is 0 Å². The molecule has 0 bridgehead atoms. The van der Waals surface area contributed by atoms with E-state index in [4.69, 9.17) is 4.98 Å². The van der Waals surface area contributed by atoms with Crippen LogP contribution in [0.2, 0.25) is 0 Å². The molecule has 1 unspecified atom stereocenters. The molecule has 3 heteroatoms. The quantitative estimate of drug-likeness (QED) is 0.528. The molecule has 2 atom stereocenters. The number of Topliss-reactive ketones (excluding diaryl/α,β-unsaturated/α-hetero) is 1. The van der Waals surface area contributed by atoms with Crippen LogP contribution < -0.4 is 0 Å². The maximum atomic E-state index is 12.8.